The Hall–Kier alpha value is -2.41. The number of rotatable bonds is 3. The summed E-state index contributed by atoms with van der Waals surface area (Å²) in [6, 6.07) is 6.98. The molecular formula is C17H22N4O3. The van der Waals surface area contributed by atoms with Gasteiger partial charge in [0, 0.05) is 18.8 Å². The molecule has 0 aromatic heterocycles. The van der Waals surface area contributed by atoms with Gasteiger partial charge in [-0.05, 0) is 24.1 Å². The molecule has 128 valence electrons. The number of amides is 2. The lowest BCUT2D eigenvalue weighted by Crippen LogP contribution is -2.53. The van der Waals surface area contributed by atoms with Crippen molar-refractivity contribution in [2.45, 2.75) is 25.8 Å². The highest BCUT2D eigenvalue weighted by molar-refractivity contribution is 6.05. The number of aliphatic imine (C=N–C) groups is 1. The third-order valence-corrected chi connectivity index (χ3v) is 4.15. The average Bonchev–Trinajstić information content (AvgIpc) is 2.62. The molecule has 0 radical (unpaired) electrons. The van der Waals surface area contributed by atoms with Gasteiger partial charge in [-0.3, -0.25) is 14.9 Å². The summed E-state index contributed by atoms with van der Waals surface area (Å²) in [4.78, 5) is 30.8. The molecule has 2 aliphatic heterocycles. The Bertz CT molecular complexity index is 636. The van der Waals surface area contributed by atoms with Gasteiger partial charge in [0.25, 0.3) is 0 Å². The second-order valence-electron chi connectivity index (χ2n) is 5.86. The minimum atomic E-state index is -0.706. The van der Waals surface area contributed by atoms with E-state index in [2.05, 4.69) is 22.5 Å². The van der Waals surface area contributed by atoms with Gasteiger partial charge in [-0.25, -0.2) is 4.99 Å². The summed E-state index contributed by atoms with van der Waals surface area (Å²) >= 11 is 0. The first-order valence-electron chi connectivity index (χ1n) is 8.26. The summed E-state index contributed by atoms with van der Waals surface area (Å²) in [6.45, 7) is 4.58. The van der Waals surface area contributed by atoms with Gasteiger partial charge < -0.3 is 15.0 Å². The van der Waals surface area contributed by atoms with E-state index in [4.69, 9.17) is 4.74 Å². The molecular weight excluding hydrogens is 308 g/mol. The smallest absolute Gasteiger partial charge is 0.249 e. The van der Waals surface area contributed by atoms with Crippen LogP contribution in [0, 0.1) is 0 Å². The Morgan fingerprint density at radius 2 is 2.04 bits per heavy atom. The molecule has 2 heterocycles. The molecule has 0 unspecified atom stereocenters. The summed E-state index contributed by atoms with van der Waals surface area (Å²) in [5, 5.41) is 5.59. The van der Waals surface area contributed by atoms with Gasteiger partial charge in [-0.1, -0.05) is 19.1 Å². The molecule has 1 fully saturated rings. The zero-order chi connectivity index (χ0) is 16.9. The Morgan fingerprint density at radius 1 is 1.33 bits per heavy atom. The summed E-state index contributed by atoms with van der Waals surface area (Å²) in [7, 11) is 0. The van der Waals surface area contributed by atoms with Gasteiger partial charge in [0.05, 0.1) is 19.6 Å². The van der Waals surface area contributed by atoms with E-state index in [1.165, 1.54) is 5.56 Å². The number of hydrogen-bond donors (Lipinski definition) is 2. The number of carbonyl (C=O) groups is 2. The number of morpholine rings is 1. The monoisotopic (exact) mass is 330 g/mol. The van der Waals surface area contributed by atoms with Gasteiger partial charge in [0.1, 0.15) is 6.04 Å². The highest BCUT2D eigenvalue weighted by Crippen LogP contribution is 2.14. The molecule has 2 aliphatic rings. The van der Waals surface area contributed by atoms with Crippen LogP contribution >= 0.6 is 0 Å². The van der Waals surface area contributed by atoms with Crippen LogP contribution in [-0.4, -0.2) is 55.0 Å². The van der Waals surface area contributed by atoms with Crippen LogP contribution in [0.2, 0.25) is 0 Å². The number of nitrogens with one attached hydrogen (secondary N) is 2. The van der Waals surface area contributed by atoms with E-state index in [0.717, 1.165) is 6.42 Å². The van der Waals surface area contributed by atoms with Crippen molar-refractivity contribution in [1.29, 1.82) is 0 Å². The molecule has 0 saturated carbocycles. The Kier molecular flexibility index (Phi) is 5.10. The van der Waals surface area contributed by atoms with Crippen molar-refractivity contribution >= 4 is 23.5 Å². The van der Waals surface area contributed by atoms with E-state index in [9.17, 15) is 9.59 Å². The normalized spacial score (nSPS) is 21.0. The maximum atomic E-state index is 12.5. The van der Waals surface area contributed by atoms with Gasteiger partial charge in [0.2, 0.25) is 17.8 Å². The van der Waals surface area contributed by atoms with Crippen molar-refractivity contribution < 1.29 is 14.3 Å². The summed E-state index contributed by atoms with van der Waals surface area (Å²) in [6.07, 6.45) is 1.01. The molecule has 1 saturated heterocycles. The fourth-order valence-electron chi connectivity index (χ4n) is 2.71. The lowest BCUT2D eigenvalue weighted by molar-refractivity contribution is -0.125. The Balaban J connectivity index is 1.69. The van der Waals surface area contributed by atoms with Crippen molar-refractivity contribution in [3.8, 4) is 0 Å². The molecule has 0 spiro atoms. The molecule has 7 nitrogen and oxygen atoms in total. The zero-order valence-electron chi connectivity index (χ0n) is 13.7. The third-order valence-electron chi connectivity index (χ3n) is 4.15. The van der Waals surface area contributed by atoms with Gasteiger partial charge in [-0.15, -0.1) is 0 Å². The first kappa shape index (κ1) is 16.4. The van der Waals surface area contributed by atoms with Crippen LogP contribution in [0.3, 0.4) is 0 Å². The average molecular weight is 330 g/mol. The first-order valence-corrected chi connectivity index (χ1v) is 8.26. The first-order chi connectivity index (χ1) is 11.7. The van der Waals surface area contributed by atoms with Crippen molar-refractivity contribution in [3.05, 3.63) is 29.8 Å². The molecule has 1 aromatic carbocycles. The third kappa shape index (κ3) is 3.91. The van der Waals surface area contributed by atoms with Crippen LogP contribution in [0.5, 0.6) is 0 Å². The maximum Gasteiger partial charge on any atom is 0.249 e. The van der Waals surface area contributed by atoms with E-state index in [1.54, 1.807) is 0 Å². The number of aryl methyl sites for hydroxylation is 1. The molecule has 24 heavy (non-hydrogen) atoms. The number of anilines is 1. The molecule has 7 heteroatoms. The topological polar surface area (TPSA) is 83.0 Å². The number of ether oxygens (including phenoxy) is 1. The van der Waals surface area contributed by atoms with Crippen molar-refractivity contribution in [1.82, 2.24) is 10.2 Å². The number of carbonyl (C=O) groups excluding carboxylic acids is 2. The van der Waals surface area contributed by atoms with Crippen LogP contribution in [0.4, 0.5) is 5.69 Å². The quantitative estimate of drug-likeness (QED) is 0.857. The molecule has 2 N–H and O–H groups in total. The van der Waals surface area contributed by atoms with Crippen molar-refractivity contribution in [2.24, 2.45) is 4.99 Å². The zero-order valence-corrected chi connectivity index (χ0v) is 13.7. The van der Waals surface area contributed by atoms with Crippen LogP contribution < -0.4 is 10.6 Å². The summed E-state index contributed by atoms with van der Waals surface area (Å²) < 4.78 is 5.30. The maximum absolute atomic E-state index is 12.5. The minimum Gasteiger partial charge on any atom is -0.378 e. The molecule has 3 rings (SSSR count). The SMILES string of the molecule is CCc1ccc(NC(=O)[C@@H]2CC(=O)NC(N3CCOCC3)=N2)cc1. The molecule has 1 atom stereocenters. The molecule has 1 aromatic rings. The predicted molar refractivity (Wildman–Crippen MR) is 90.8 cm³/mol. The van der Waals surface area contributed by atoms with Crippen molar-refractivity contribution in [2.75, 3.05) is 31.6 Å². The number of guanidine groups is 1. The second kappa shape index (κ2) is 7.44. The number of benzene rings is 1. The van der Waals surface area contributed by atoms with Gasteiger partial charge in [-0.2, -0.15) is 0 Å². The van der Waals surface area contributed by atoms with Crippen LogP contribution in [-0.2, 0) is 20.7 Å². The highest BCUT2D eigenvalue weighted by Gasteiger charge is 2.29. The molecule has 2 amide bonds. The van der Waals surface area contributed by atoms with Crippen LogP contribution in [0.1, 0.15) is 18.9 Å². The van der Waals surface area contributed by atoms with Crippen LogP contribution in [0.25, 0.3) is 0 Å². The van der Waals surface area contributed by atoms with E-state index < -0.39 is 6.04 Å². The fourth-order valence-corrected chi connectivity index (χ4v) is 2.71. The van der Waals surface area contributed by atoms with E-state index in [1.807, 2.05) is 29.2 Å². The van der Waals surface area contributed by atoms with Crippen molar-refractivity contribution in [3.63, 3.8) is 0 Å². The van der Waals surface area contributed by atoms with E-state index in [0.29, 0.717) is 38.0 Å². The molecule has 0 bridgehead atoms. The number of hydrogen-bond acceptors (Lipinski definition) is 5. The lowest BCUT2D eigenvalue weighted by Gasteiger charge is -2.32. The Labute approximate surface area is 141 Å². The van der Waals surface area contributed by atoms with E-state index in [-0.39, 0.29) is 18.2 Å². The highest BCUT2D eigenvalue weighted by atomic mass is 16.5. The number of nitrogens with zero attached hydrogens (tertiary/aromatic N) is 2. The summed E-state index contributed by atoms with van der Waals surface area (Å²) in [5.74, 6) is 0.0175. The Morgan fingerprint density at radius 3 is 2.71 bits per heavy atom. The lowest BCUT2D eigenvalue weighted by atomic mass is 10.1. The predicted octanol–water partition coefficient (Wildman–Crippen LogP) is 0.764. The second-order valence-corrected chi connectivity index (χ2v) is 5.86. The largest absolute Gasteiger partial charge is 0.378 e. The van der Waals surface area contributed by atoms with E-state index >= 15 is 0 Å². The standard InChI is InChI=1S/C17H22N4O3/c1-2-12-3-5-13(6-4-12)18-16(23)14-11-15(22)20-17(19-14)21-7-9-24-10-8-21/h3-6,14H,2,7-11H2,1H3,(H,18,23)(H,19,20,22)/t14-/m0/s1. The van der Waals surface area contributed by atoms with Crippen LogP contribution in [0.15, 0.2) is 29.3 Å². The summed E-state index contributed by atoms with van der Waals surface area (Å²) in [5.41, 5.74) is 1.92. The minimum absolute atomic E-state index is 0.0622. The molecule has 0 aliphatic carbocycles. The van der Waals surface area contributed by atoms with Gasteiger partial charge >= 0.3 is 0 Å². The van der Waals surface area contributed by atoms with Gasteiger partial charge in [0.15, 0.2) is 0 Å². The fraction of sp³-hybridized carbons (Fsp3) is 0.471.